The van der Waals surface area contributed by atoms with Crippen LogP contribution < -0.4 is 11.1 Å². The Balaban J connectivity index is 2.11. The average Bonchev–Trinajstić information content (AvgIpc) is 2.57. The van der Waals surface area contributed by atoms with Gasteiger partial charge in [-0.05, 0) is 18.9 Å². The maximum absolute atomic E-state index is 10.6. The molecule has 0 amide bonds. The Hall–Kier alpha value is -1.82. The second kappa shape index (κ2) is 5.88. The summed E-state index contributed by atoms with van der Waals surface area (Å²) in [6.45, 7) is 0. The molecule has 1 fully saturated rings. The predicted octanol–water partition coefficient (Wildman–Crippen LogP) is 2.28. The van der Waals surface area contributed by atoms with Crippen molar-refractivity contribution < 1.29 is 10.0 Å². The minimum Gasteiger partial charge on any atom is -0.397 e. The molecule has 4 N–H and O–H groups in total. The van der Waals surface area contributed by atoms with Crippen molar-refractivity contribution in [2.75, 3.05) is 11.1 Å². The summed E-state index contributed by atoms with van der Waals surface area (Å²) in [6.07, 6.45) is 4.51. The van der Waals surface area contributed by atoms with Gasteiger partial charge in [-0.25, -0.2) is 0 Å². The molecule has 104 valence electrons. The van der Waals surface area contributed by atoms with E-state index in [4.69, 9.17) is 5.73 Å². The summed E-state index contributed by atoms with van der Waals surface area (Å²) in [6, 6.07) is 4.32. The van der Waals surface area contributed by atoms with Gasteiger partial charge in [0.2, 0.25) is 0 Å². The van der Waals surface area contributed by atoms with E-state index in [0.717, 1.165) is 32.1 Å². The summed E-state index contributed by atoms with van der Waals surface area (Å²) in [7, 11) is 0. The van der Waals surface area contributed by atoms with Crippen molar-refractivity contribution in [3.63, 3.8) is 0 Å². The number of nitrogens with one attached hydrogen (secondary N) is 1. The lowest BCUT2D eigenvalue weighted by Gasteiger charge is -2.23. The molecule has 1 aliphatic carbocycles. The topological polar surface area (TPSA) is 101 Å². The summed E-state index contributed by atoms with van der Waals surface area (Å²) >= 11 is 0. The molecule has 0 aromatic heterocycles. The van der Waals surface area contributed by atoms with Gasteiger partial charge in [0.25, 0.3) is 5.69 Å². The highest BCUT2D eigenvalue weighted by molar-refractivity contribution is 5.69. The standard InChI is InChI=1S/C13H19N3O3/c14-10-8-9(16(18)19)6-7-11(10)15-12-4-2-1-3-5-13(12)17/h6-8,12-13,15,17H,1-5,14H2. The van der Waals surface area contributed by atoms with Gasteiger partial charge in [-0.1, -0.05) is 19.3 Å². The fourth-order valence-electron chi connectivity index (χ4n) is 2.45. The maximum Gasteiger partial charge on any atom is 0.271 e. The Morgan fingerprint density at radius 1 is 1.32 bits per heavy atom. The second-order valence-corrected chi connectivity index (χ2v) is 4.98. The number of aliphatic hydroxyl groups is 1. The highest BCUT2D eigenvalue weighted by atomic mass is 16.6. The summed E-state index contributed by atoms with van der Waals surface area (Å²) in [5.41, 5.74) is 6.78. The number of nitrogens with two attached hydrogens (primary N) is 1. The van der Waals surface area contributed by atoms with E-state index in [0.29, 0.717) is 11.4 Å². The number of benzene rings is 1. The van der Waals surface area contributed by atoms with Crippen LogP contribution in [0.5, 0.6) is 0 Å². The first-order valence-corrected chi connectivity index (χ1v) is 6.56. The zero-order valence-electron chi connectivity index (χ0n) is 10.7. The second-order valence-electron chi connectivity index (χ2n) is 4.98. The van der Waals surface area contributed by atoms with Crippen LogP contribution >= 0.6 is 0 Å². The lowest BCUT2D eigenvalue weighted by molar-refractivity contribution is -0.384. The maximum atomic E-state index is 10.6. The number of rotatable bonds is 3. The number of non-ortho nitro benzene ring substituents is 1. The smallest absolute Gasteiger partial charge is 0.271 e. The van der Waals surface area contributed by atoms with Crippen LogP contribution in [0.25, 0.3) is 0 Å². The van der Waals surface area contributed by atoms with Crippen LogP contribution in [0, 0.1) is 10.1 Å². The number of nitro benzene ring substituents is 1. The van der Waals surface area contributed by atoms with Crippen molar-refractivity contribution in [1.82, 2.24) is 0 Å². The quantitative estimate of drug-likeness (QED) is 0.337. The SMILES string of the molecule is Nc1cc([N+](=O)[O-])ccc1NC1CCCCCC1O. The minimum absolute atomic E-state index is 0.0236. The molecule has 2 unspecified atom stereocenters. The lowest BCUT2D eigenvalue weighted by Crippen LogP contribution is -2.32. The molecular weight excluding hydrogens is 246 g/mol. The molecule has 0 aliphatic heterocycles. The monoisotopic (exact) mass is 265 g/mol. The van der Waals surface area contributed by atoms with Crippen molar-refractivity contribution in [1.29, 1.82) is 0 Å². The van der Waals surface area contributed by atoms with Crippen LogP contribution in [0.3, 0.4) is 0 Å². The van der Waals surface area contributed by atoms with Crippen molar-refractivity contribution in [2.45, 2.75) is 44.2 Å². The Morgan fingerprint density at radius 3 is 2.74 bits per heavy atom. The van der Waals surface area contributed by atoms with E-state index in [2.05, 4.69) is 5.32 Å². The fraction of sp³-hybridized carbons (Fsp3) is 0.538. The molecule has 1 aromatic rings. The first kappa shape index (κ1) is 13.6. The molecule has 1 aromatic carbocycles. The van der Waals surface area contributed by atoms with E-state index in [1.54, 1.807) is 6.07 Å². The van der Waals surface area contributed by atoms with Crippen LogP contribution in [-0.2, 0) is 0 Å². The predicted molar refractivity (Wildman–Crippen MR) is 74.0 cm³/mol. The average molecular weight is 265 g/mol. The molecule has 0 radical (unpaired) electrons. The molecule has 0 spiro atoms. The van der Waals surface area contributed by atoms with E-state index < -0.39 is 11.0 Å². The van der Waals surface area contributed by atoms with Crippen molar-refractivity contribution >= 4 is 17.1 Å². The molecular formula is C13H19N3O3. The molecule has 6 nitrogen and oxygen atoms in total. The number of nitrogen functional groups attached to an aromatic ring is 1. The number of anilines is 2. The van der Waals surface area contributed by atoms with Crippen LogP contribution in [0.2, 0.25) is 0 Å². The van der Waals surface area contributed by atoms with Crippen molar-refractivity contribution in [2.24, 2.45) is 0 Å². The molecule has 19 heavy (non-hydrogen) atoms. The van der Waals surface area contributed by atoms with Gasteiger partial charge in [0.05, 0.1) is 28.4 Å². The molecule has 0 saturated heterocycles. The molecule has 0 bridgehead atoms. The normalized spacial score (nSPS) is 23.6. The lowest BCUT2D eigenvalue weighted by atomic mass is 10.1. The molecule has 0 heterocycles. The minimum atomic E-state index is -0.472. The Kier molecular flexibility index (Phi) is 4.21. The first-order chi connectivity index (χ1) is 9.08. The zero-order valence-corrected chi connectivity index (χ0v) is 10.7. The Morgan fingerprint density at radius 2 is 2.05 bits per heavy atom. The number of aliphatic hydroxyl groups excluding tert-OH is 1. The number of hydrogen-bond acceptors (Lipinski definition) is 5. The summed E-state index contributed by atoms with van der Waals surface area (Å²) in [4.78, 5) is 10.2. The third kappa shape index (κ3) is 3.35. The summed E-state index contributed by atoms with van der Waals surface area (Å²) in [5.74, 6) is 0. The largest absolute Gasteiger partial charge is 0.397 e. The van der Waals surface area contributed by atoms with E-state index in [-0.39, 0.29) is 11.7 Å². The molecule has 6 heteroatoms. The van der Waals surface area contributed by atoms with Gasteiger partial charge in [0.15, 0.2) is 0 Å². The van der Waals surface area contributed by atoms with Crippen molar-refractivity contribution in [3.8, 4) is 0 Å². The zero-order chi connectivity index (χ0) is 13.8. The van der Waals surface area contributed by atoms with Crippen LogP contribution in [-0.4, -0.2) is 22.2 Å². The highest BCUT2D eigenvalue weighted by Gasteiger charge is 2.22. The summed E-state index contributed by atoms with van der Waals surface area (Å²) < 4.78 is 0. The third-order valence-corrected chi connectivity index (χ3v) is 3.57. The number of hydrogen-bond donors (Lipinski definition) is 3. The van der Waals surface area contributed by atoms with Gasteiger partial charge in [-0.15, -0.1) is 0 Å². The van der Waals surface area contributed by atoms with E-state index in [1.807, 2.05) is 0 Å². The van der Waals surface area contributed by atoms with Crippen LogP contribution in [0.15, 0.2) is 18.2 Å². The van der Waals surface area contributed by atoms with Crippen molar-refractivity contribution in [3.05, 3.63) is 28.3 Å². The van der Waals surface area contributed by atoms with E-state index in [1.165, 1.54) is 12.1 Å². The Bertz CT molecular complexity index is 464. The van der Waals surface area contributed by atoms with E-state index >= 15 is 0 Å². The summed E-state index contributed by atoms with van der Waals surface area (Å²) in [5, 5.41) is 23.9. The fourth-order valence-corrected chi connectivity index (χ4v) is 2.45. The molecule has 2 rings (SSSR count). The van der Waals surface area contributed by atoms with Gasteiger partial charge >= 0.3 is 0 Å². The van der Waals surface area contributed by atoms with Gasteiger partial charge in [0.1, 0.15) is 0 Å². The Labute approximate surface area is 111 Å². The van der Waals surface area contributed by atoms with Gasteiger partial charge < -0.3 is 16.2 Å². The highest BCUT2D eigenvalue weighted by Crippen LogP contribution is 2.27. The first-order valence-electron chi connectivity index (χ1n) is 6.56. The number of nitro groups is 1. The molecule has 2 atom stereocenters. The number of nitrogens with zero attached hydrogens (tertiary/aromatic N) is 1. The molecule has 1 saturated carbocycles. The van der Waals surface area contributed by atoms with Gasteiger partial charge in [-0.2, -0.15) is 0 Å². The van der Waals surface area contributed by atoms with Crippen LogP contribution in [0.1, 0.15) is 32.1 Å². The van der Waals surface area contributed by atoms with Gasteiger partial charge in [-0.3, -0.25) is 10.1 Å². The molecule has 1 aliphatic rings. The van der Waals surface area contributed by atoms with Crippen LogP contribution in [0.4, 0.5) is 17.1 Å². The van der Waals surface area contributed by atoms with E-state index in [9.17, 15) is 15.2 Å². The van der Waals surface area contributed by atoms with Gasteiger partial charge in [0, 0.05) is 12.1 Å². The third-order valence-electron chi connectivity index (χ3n) is 3.57.